The summed E-state index contributed by atoms with van der Waals surface area (Å²) in [5.41, 5.74) is 1.18. The molecule has 31 heavy (non-hydrogen) atoms. The molecule has 0 radical (unpaired) electrons. The molecule has 1 amide bonds. The minimum Gasteiger partial charge on any atom is -0.494 e. The Morgan fingerprint density at radius 1 is 1.29 bits per heavy atom. The van der Waals surface area contributed by atoms with E-state index in [0.717, 1.165) is 11.3 Å². The third-order valence-electron chi connectivity index (χ3n) is 4.18. The first-order valence-corrected chi connectivity index (χ1v) is 10.1. The third kappa shape index (κ3) is 6.02. The Kier molecular flexibility index (Phi) is 7.59. The van der Waals surface area contributed by atoms with E-state index >= 15 is 0 Å². The molecule has 1 aromatic heterocycles. The van der Waals surface area contributed by atoms with Crippen LogP contribution in [0.3, 0.4) is 0 Å². The molecule has 0 bridgehead atoms. The molecule has 2 aromatic carbocycles. The van der Waals surface area contributed by atoms with Crippen LogP contribution in [0.25, 0.3) is 11.4 Å². The van der Waals surface area contributed by atoms with Gasteiger partial charge in [-0.3, -0.25) is 14.5 Å². The lowest BCUT2D eigenvalue weighted by molar-refractivity contribution is -0.116. The van der Waals surface area contributed by atoms with Gasteiger partial charge in [0.25, 0.3) is 0 Å². The standard InChI is InChI=1S/C20H19ClF2N4O3S/c1-2-29-14-6-3-12(4-7-14)18-25-26-20(31)27(18)10-9-17(28)24-13-5-8-16(15(21)11-13)30-19(22)23/h3-8,11,19H,2,9-10H2,1H3,(H,24,28)(H,26,31). The zero-order valence-electron chi connectivity index (χ0n) is 16.4. The van der Waals surface area contributed by atoms with Crippen LogP contribution in [0.15, 0.2) is 42.5 Å². The molecule has 2 N–H and O–H groups in total. The average Bonchev–Trinajstić information content (AvgIpc) is 3.09. The van der Waals surface area contributed by atoms with E-state index in [-0.39, 0.29) is 29.6 Å². The van der Waals surface area contributed by atoms with Crippen LogP contribution in [0, 0.1) is 4.77 Å². The number of alkyl halides is 2. The van der Waals surface area contributed by atoms with Crippen LogP contribution >= 0.6 is 23.8 Å². The summed E-state index contributed by atoms with van der Waals surface area (Å²) in [4.78, 5) is 12.4. The van der Waals surface area contributed by atoms with Crippen molar-refractivity contribution in [2.24, 2.45) is 0 Å². The maximum Gasteiger partial charge on any atom is 0.387 e. The van der Waals surface area contributed by atoms with Crippen molar-refractivity contribution in [2.45, 2.75) is 26.5 Å². The lowest BCUT2D eigenvalue weighted by Crippen LogP contribution is -2.15. The molecular formula is C20H19ClF2N4O3S. The van der Waals surface area contributed by atoms with Crippen molar-refractivity contribution in [2.75, 3.05) is 11.9 Å². The fourth-order valence-electron chi connectivity index (χ4n) is 2.82. The molecule has 0 atom stereocenters. The smallest absolute Gasteiger partial charge is 0.387 e. The predicted octanol–water partition coefficient (Wildman–Crippen LogP) is 5.29. The number of halogens is 3. The minimum atomic E-state index is -2.98. The number of ether oxygens (including phenoxy) is 2. The first kappa shape index (κ1) is 22.7. The van der Waals surface area contributed by atoms with Gasteiger partial charge in [-0.25, -0.2) is 0 Å². The zero-order chi connectivity index (χ0) is 22.4. The van der Waals surface area contributed by atoms with Crippen LogP contribution in [-0.4, -0.2) is 33.9 Å². The molecule has 0 aliphatic carbocycles. The number of benzene rings is 2. The van der Waals surface area contributed by atoms with Gasteiger partial charge in [-0.15, -0.1) is 0 Å². The van der Waals surface area contributed by atoms with Crippen molar-refractivity contribution in [1.82, 2.24) is 14.8 Å². The quantitative estimate of drug-likeness (QED) is 0.417. The number of hydrogen-bond acceptors (Lipinski definition) is 5. The van der Waals surface area contributed by atoms with Gasteiger partial charge >= 0.3 is 6.61 Å². The number of hydrogen-bond donors (Lipinski definition) is 2. The highest BCUT2D eigenvalue weighted by Gasteiger charge is 2.13. The van der Waals surface area contributed by atoms with Crippen LogP contribution in [0.2, 0.25) is 5.02 Å². The fraction of sp³-hybridized carbons (Fsp3) is 0.250. The van der Waals surface area contributed by atoms with Crippen LogP contribution in [0.1, 0.15) is 13.3 Å². The second kappa shape index (κ2) is 10.4. The summed E-state index contributed by atoms with van der Waals surface area (Å²) in [6, 6.07) is 11.4. The molecular weight excluding hydrogens is 450 g/mol. The van der Waals surface area contributed by atoms with E-state index < -0.39 is 6.61 Å². The van der Waals surface area contributed by atoms with E-state index in [1.165, 1.54) is 18.2 Å². The van der Waals surface area contributed by atoms with Gasteiger partial charge in [0.05, 0.1) is 11.6 Å². The molecule has 0 unspecified atom stereocenters. The van der Waals surface area contributed by atoms with Crippen molar-refractivity contribution in [3.05, 3.63) is 52.3 Å². The Balaban J connectivity index is 1.65. The van der Waals surface area contributed by atoms with Crippen LogP contribution in [0.4, 0.5) is 14.5 Å². The second-order valence-electron chi connectivity index (χ2n) is 6.28. The predicted molar refractivity (Wildman–Crippen MR) is 115 cm³/mol. The molecule has 7 nitrogen and oxygen atoms in total. The normalized spacial score (nSPS) is 10.9. The fourth-order valence-corrected chi connectivity index (χ4v) is 3.27. The Morgan fingerprint density at radius 3 is 2.68 bits per heavy atom. The summed E-state index contributed by atoms with van der Waals surface area (Å²) >= 11 is 11.2. The topological polar surface area (TPSA) is 81.2 Å². The summed E-state index contributed by atoms with van der Waals surface area (Å²) in [5, 5.41) is 9.62. The first-order chi connectivity index (χ1) is 14.9. The van der Waals surface area contributed by atoms with Crippen molar-refractivity contribution >= 4 is 35.4 Å². The number of rotatable bonds is 9. The largest absolute Gasteiger partial charge is 0.494 e. The highest BCUT2D eigenvalue weighted by Crippen LogP contribution is 2.29. The van der Waals surface area contributed by atoms with E-state index in [2.05, 4.69) is 20.3 Å². The van der Waals surface area contributed by atoms with Crippen molar-refractivity contribution in [3.8, 4) is 22.9 Å². The molecule has 164 valence electrons. The number of nitrogens with one attached hydrogen (secondary N) is 2. The summed E-state index contributed by atoms with van der Waals surface area (Å²) in [5.74, 6) is 0.867. The van der Waals surface area contributed by atoms with Gasteiger partial charge in [0, 0.05) is 24.2 Å². The monoisotopic (exact) mass is 468 g/mol. The highest BCUT2D eigenvalue weighted by molar-refractivity contribution is 7.71. The number of carbonyl (C=O) groups is 1. The van der Waals surface area contributed by atoms with E-state index in [1.807, 2.05) is 31.2 Å². The van der Waals surface area contributed by atoms with E-state index in [1.54, 1.807) is 4.57 Å². The maximum atomic E-state index is 12.4. The maximum absolute atomic E-state index is 12.4. The number of carbonyl (C=O) groups excluding carboxylic acids is 1. The lowest BCUT2D eigenvalue weighted by Gasteiger charge is -2.11. The molecule has 0 saturated carbocycles. The molecule has 0 aliphatic heterocycles. The Morgan fingerprint density at radius 2 is 2.03 bits per heavy atom. The van der Waals surface area contributed by atoms with Gasteiger partial charge in [0.1, 0.15) is 11.5 Å². The van der Waals surface area contributed by atoms with Crippen LogP contribution < -0.4 is 14.8 Å². The van der Waals surface area contributed by atoms with Crippen molar-refractivity contribution < 1.29 is 23.0 Å². The summed E-state index contributed by atoms with van der Waals surface area (Å²) in [6.07, 6.45) is 0.102. The zero-order valence-corrected chi connectivity index (χ0v) is 18.0. The van der Waals surface area contributed by atoms with Crippen LogP contribution in [0.5, 0.6) is 11.5 Å². The van der Waals surface area contributed by atoms with Gasteiger partial charge in [-0.2, -0.15) is 13.9 Å². The average molecular weight is 469 g/mol. The van der Waals surface area contributed by atoms with Gasteiger partial charge in [-0.1, -0.05) is 11.6 Å². The van der Waals surface area contributed by atoms with Gasteiger partial charge < -0.3 is 14.8 Å². The first-order valence-electron chi connectivity index (χ1n) is 9.30. The van der Waals surface area contributed by atoms with E-state index in [4.69, 9.17) is 28.6 Å². The highest BCUT2D eigenvalue weighted by atomic mass is 35.5. The lowest BCUT2D eigenvalue weighted by atomic mass is 10.2. The summed E-state index contributed by atoms with van der Waals surface area (Å²) < 4.78 is 36.4. The second-order valence-corrected chi connectivity index (χ2v) is 7.08. The Labute approximate surface area is 186 Å². The van der Waals surface area contributed by atoms with Crippen molar-refractivity contribution in [3.63, 3.8) is 0 Å². The molecule has 0 spiro atoms. The molecule has 11 heteroatoms. The Bertz CT molecular complexity index is 1100. The van der Waals surface area contributed by atoms with Crippen molar-refractivity contribution in [1.29, 1.82) is 0 Å². The number of amides is 1. The molecule has 0 saturated heterocycles. The molecule has 0 aliphatic rings. The molecule has 0 fully saturated rings. The Hall–Kier alpha value is -2.98. The number of H-pyrrole nitrogens is 1. The SMILES string of the molecule is CCOc1ccc(-c2n[nH]c(=S)n2CCC(=O)Nc2ccc(OC(F)F)c(Cl)c2)cc1. The molecule has 3 aromatic rings. The number of aromatic amines is 1. The summed E-state index contributed by atoms with van der Waals surface area (Å²) in [7, 11) is 0. The summed E-state index contributed by atoms with van der Waals surface area (Å²) in [6.45, 7) is -0.226. The van der Waals surface area contributed by atoms with E-state index in [9.17, 15) is 13.6 Å². The number of nitrogens with zero attached hydrogens (tertiary/aromatic N) is 2. The van der Waals surface area contributed by atoms with Gasteiger partial charge in [0.15, 0.2) is 10.6 Å². The number of anilines is 1. The molecule has 1 heterocycles. The minimum absolute atomic E-state index is 0.0343. The molecule has 3 rings (SSSR count). The van der Waals surface area contributed by atoms with Gasteiger partial charge in [-0.05, 0) is 61.6 Å². The van der Waals surface area contributed by atoms with Crippen LogP contribution in [-0.2, 0) is 11.3 Å². The van der Waals surface area contributed by atoms with E-state index in [0.29, 0.717) is 22.9 Å². The third-order valence-corrected chi connectivity index (χ3v) is 4.78. The van der Waals surface area contributed by atoms with Gasteiger partial charge in [0.2, 0.25) is 5.91 Å². The number of aromatic nitrogens is 3.